The Labute approximate surface area is 139 Å². The van der Waals surface area contributed by atoms with Crippen LogP contribution in [0.4, 0.5) is 5.69 Å². The van der Waals surface area contributed by atoms with E-state index in [1.54, 1.807) is 5.38 Å². The Morgan fingerprint density at radius 2 is 2.30 bits per heavy atom. The average Bonchev–Trinajstić information content (AvgIpc) is 2.87. The van der Waals surface area contributed by atoms with Crippen molar-refractivity contribution < 1.29 is 14.8 Å². The number of hydrogen-bond donors (Lipinski definition) is 1. The van der Waals surface area contributed by atoms with E-state index in [9.17, 15) is 20.0 Å². The fourth-order valence-electron chi connectivity index (χ4n) is 1.70. The molecule has 1 amide bonds. The summed E-state index contributed by atoms with van der Waals surface area (Å²) in [6.45, 7) is 1.83. The number of carbonyl (C=O) groups excluding carboxylic acids is 1. The van der Waals surface area contributed by atoms with Gasteiger partial charge in [0.1, 0.15) is 0 Å². The van der Waals surface area contributed by atoms with Gasteiger partial charge >= 0.3 is 0 Å². The van der Waals surface area contributed by atoms with Gasteiger partial charge in [-0.3, -0.25) is 14.9 Å². The van der Waals surface area contributed by atoms with Crippen LogP contribution in [0.3, 0.4) is 0 Å². The van der Waals surface area contributed by atoms with Crippen molar-refractivity contribution >= 4 is 40.7 Å². The molecule has 1 N–H and O–H groups in total. The number of rotatable bonds is 5. The molecule has 0 spiro atoms. The van der Waals surface area contributed by atoms with Crippen LogP contribution in [0.2, 0.25) is 5.02 Å². The maximum absolute atomic E-state index is 11.8. The number of benzene rings is 1. The number of amides is 1. The van der Waals surface area contributed by atoms with Crippen molar-refractivity contribution in [2.24, 2.45) is 5.10 Å². The first-order chi connectivity index (χ1) is 10.9. The third kappa shape index (κ3) is 4.47. The Balaban J connectivity index is 2.05. The lowest BCUT2D eigenvalue weighted by Crippen LogP contribution is -2.20. The van der Waals surface area contributed by atoms with E-state index in [4.69, 9.17) is 11.6 Å². The largest absolute Gasteiger partial charge is 0.867 e. The molecule has 1 heterocycles. The second-order valence-electron chi connectivity index (χ2n) is 4.43. The van der Waals surface area contributed by atoms with Gasteiger partial charge in [-0.2, -0.15) is 5.10 Å². The highest BCUT2D eigenvalue weighted by atomic mass is 35.5. The molecular formula is C13H10ClN4O4S-. The highest BCUT2D eigenvalue weighted by Crippen LogP contribution is 2.29. The van der Waals surface area contributed by atoms with Crippen LogP contribution in [-0.2, 0) is 11.2 Å². The Hall–Kier alpha value is -2.52. The highest BCUT2D eigenvalue weighted by molar-refractivity contribution is 7.09. The number of aryl methyl sites for hydroxylation is 1. The average molecular weight is 354 g/mol. The summed E-state index contributed by atoms with van der Waals surface area (Å²) in [5.41, 5.74) is 2.10. The number of nitro groups is 1. The molecule has 0 aliphatic heterocycles. The van der Waals surface area contributed by atoms with Crippen LogP contribution < -0.4 is 10.5 Å². The fourth-order valence-corrected chi connectivity index (χ4v) is 2.53. The van der Waals surface area contributed by atoms with E-state index >= 15 is 0 Å². The van der Waals surface area contributed by atoms with Crippen molar-refractivity contribution in [3.63, 3.8) is 0 Å². The van der Waals surface area contributed by atoms with Gasteiger partial charge < -0.3 is 5.11 Å². The molecule has 1 aromatic carbocycles. The maximum Gasteiger partial charge on any atom is 0.263 e. The van der Waals surface area contributed by atoms with E-state index in [1.807, 2.05) is 6.92 Å². The van der Waals surface area contributed by atoms with E-state index < -0.39 is 22.3 Å². The van der Waals surface area contributed by atoms with Crippen LogP contribution in [-0.4, -0.2) is 22.0 Å². The van der Waals surface area contributed by atoms with Crippen molar-refractivity contribution in [3.05, 3.63) is 48.9 Å². The Morgan fingerprint density at radius 1 is 1.57 bits per heavy atom. The number of nitrogens with one attached hydrogen (secondary N) is 1. The minimum Gasteiger partial charge on any atom is -0.867 e. The van der Waals surface area contributed by atoms with Gasteiger partial charge in [0.05, 0.1) is 28.3 Å². The van der Waals surface area contributed by atoms with Gasteiger partial charge in [0.2, 0.25) is 5.91 Å². The lowest BCUT2D eigenvalue weighted by Gasteiger charge is -2.10. The Kier molecular flexibility index (Phi) is 5.24. The Morgan fingerprint density at radius 3 is 2.91 bits per heavy atom. The van der Waals surface area contributed by atoms with Gasteiger partial charge in [0.25, 0.3) is 5.69 Å². The van der Waals surface area contributed by atoms with Crippen LogP contribution in [0.15, 0.2) is 22.6 Å². The molecule has 2 rings (SSSR count). The minimum absolute atomic E-state index is 0.0297. The second-order valence-corrected chi connectivity index (χ2v) is 5.93. The summed E-state index contributed by atoms with van der Waals surface area (Å²) in [5.74, 6) is -1.25. The molecule has 120 valence electrons. The summed E-state index contributed by atoms with van der Waals surface area (Å²) < 4.78 is 0. The normalized spacial score (nSPS) is 10.9. The van der Waals surface area contributed by atoms with E-state index in [1.165, 1.54) is 17.4 Å². The smallest absolute Gasteiger partial charge is 0.263 e. The van der Waals surface area contributed by atoms with Crippen molar-refractivity contribution in [2.75, 3.05) is 0 Å². The van der Waals surface area contributed by atoms with E-state index in [0.717, 1.165) is 17.3 Å². The molecule has 2 aromatic rings. The van der Waals surface area contributed by atoms with Crippen LogP contribution in [0, 0.1) is 17.0 Å². The van der Waals surface area contributed by atoms with Gasteiger partial charge in [-0.05, 0) is 24.3 Å². The molecular weight excluding hydrogens is 344 g/mol. The molecule has 0 unspecified atom stereocenters. The number of thiazole rings is 1. The van der Waals surface area contributed by atoms with Gasteiger partial charge in [0, 0.05) is 16.5 Å². The lowest BCUT2D eigenvalue weighted by atomic mass is 10.2. The third-order valence-corrected chi connectivity index (χ3v) is 3.70. The SMILES string of the molecule is Cc1nc(CC(=O)N/N=C\c2cc(Cl)cc([N+](=O)[O-])c2[O-])cs1. The number of hydrazone groups is 1. The fraction of sp³-hybridized carbons (Fsp3) is 0.154. The number of aromatic nitrogens is 1. The molecule has 23 heavy (non-hydrogen) atoms. The quantitative estimate of drug-likeness (QED) is 0.499. The van der Waals surface area contributed by atoms with E-state index in [2.05, 4.69) is 15.5 Å². The van der Waals surface area contributed by atoms with Crippen molar-refractivity contribution in [1.29, 1.82) is 0 Å². The number of carbonyl (C=O) groups is 1. The molecule has 0 fully saturated rings. The first-order valence-corrected chi connectivity index (χ1v) is 7.50. The molecule has 0 aliphatic carbocycles. The highest BCUT2D eigenvalue weighted by Gasteiger charge is 2.11. The topological polar surface area (TPSA) is 121 Å². The van der Waals surface area contributed by atoms with E-state index in [0.29, 0.717) is 5.69 Å². The van der Waals surface area contributed by atoms with Crippen LogP contribution in [0.25, 0.3) is 0 Å². The molecule has 0 saturated heterocycles. The first kappa shape index (κ1) is 16.8. The molecule has 0 aliphatic rings. The summed E-state index contributed by atoms with van der Waals surface area (Å²) in [7, 11) is 0. The molecule has 0 radical (unpaired) electrons. The molecule has 0 atom stereocenters. The summed E-state index contributed by atoms with van der Waals surface area (Å²) in [4.78, 5) is 25.7. The standard InChI is InChI=1S/C13H11ClN4O4S/c1-7-16-10(6-23-7)4-12(19)17-15-5-8-2-9(14)3-11(13(8)20)18(21)22/h2-3,5-6,20H,4H2,1H3,(H,17,19)/p-1/b15-5-. The predicted molar refractivity (Wildman–Crippen MR) is 83.8 cm³/mol. The number of nitrogens with zero attached hydrogens (tertiary/aromatic N) is 3. The van der Waals surface area contributed by atoms with Crippen LogP contribution >= 0.6 is 22.9 Å². The zero-order valence-corrected chi connectivity index (χ0v) is 13.3. The summed E-state index contributed by atoms with van der Waals surface area (Å²) in [6.07, 6.45) is 1.06. The van der Waals surface area contributed by atoms with Crippen molar-refractivity contribution in [3.8, 4) is 5.75 Å². The lowest BCUT2D eigenvalue weighted by molar-refractivity contribution is -0.398. The van der Waals surface area contributed by atoms with Crippen LogP contribution in [0.1, 0.15) is 16.3 Å². The van der Waals surface area contributed by atoms with Crippen molar-refractivity contribution in [2.45, 2.75) is 13.3 Å². The molecule has 10 heteroatoms. The number of halogens is 1. The van der Waals surface area contributed by atoms with Gasteiger partial charge in [-0.1, -0.05) is 11.6 Å². The summed E-state index contributed by atoms with van der Waals surface area (Å²) in [6, 6.07) is 2.20. The molecule has 8 nitrogen and oxygen atoms in total. The van der Waals surface area contributed by atoms with Gasteiger partial charge in [-0.15, -0.1) is 11.3 Å². The summed E-state index contributed by atoms with van der Waals surface area (Å²) >= 11 is 7.14. The van der Waals surface area contributed by atoms with Crippen molar-refractivity contribution in [1.82, 2.24) is 10.4 Å². The minimum atomic E-state index is -0.826. The van der Waals surface area contributed by atoms with E-state index in [-0.39, 0.29) is 17.0 Å². The van der Waals surface area contributed by atoms with Gasteiger partial charge in [0.15, 0.2) is 0 Å². The first-order valence-electron chi connectivity index (χ1n) is 6.24. The van der Waals surface area contributed by atoms with Gasteiger partial charge in [-0.25, -0.2) is 10.4 Å². The monoisotopic (exact) mass is 353 g/mol. The molecule has 1 aromatic heterocycles. The second kappa shape index (κ2) is 7.16. The van der Waals surface area contributed by atoms with Crippen LogP contribution in [0.5, 0.6) is 5.75 Å². The zero-order valence-electron chi connectivity index (χ0n) is 11.8. The molecule has 0 saturated carbocycles. The zero-order chi connectivity index (χ0) is 17.0. The number of nitro benzene ring substituents is 1. The number of hydrogen-bond acceptors (Lipinski definition) is 7. The summed E-state index contributed by atoms with van der Waals surface area (Å²) in [5, 5.41) is 28.8. The maximum atomic E-state index is 11.8. The predicted octanol–water partition coefficient (Wildman–Crippen LogP) is 1.78. The third-order valence-electron chi connectivity index (χ3n) is 2.66. The molecule has 0 bridgehead atoms. The Bertz CT molecular complexity index is 790.